The third-order valence-electron chi connectivity index (χ3n) is 6.13. The van der Waals surface area contributed by atoms with Crippen LogP contribution in [0, 0.1) is 5.82 Å². The molecule has 2 aromatic heterocycles. The van der Waals surface area contributed by atoms with Gasteiger partial charge in [-0.2, -0.15) is 0 Å². The standard InChI is InChI=1S/C30H26FN3O2/c31-26-15-8-7-14-24(26)25(18-29(35)32-19-22-10-3-1-4-11-22)27-20-33-30-28(16-9-17-34(27)30)36-21-23-12-5-2-6-13-23/h1-17,20,25H,18-19,21H2,(H,32,35)/t25-/m1/s1. The second-order valence-corrected chi connectivity index (χ2v) is 8.56. The Balaban J connectivity index is 1.43. The fraction of sp³-hybridized carbons (Fsp3) is 0.133. The first-order chi connectivity index (χ1) is 17.7. The molecule has 5 aromatic rings. The fourth-order valence-electron chi connectivity index (χ4n) is 4.30. The van der Waals surface area contributed by atoms with E-state index in [1.807, 2.05) is 83.4 Å². The average Bonchev–Trinajstić information content (AvgIpc) is 3.36. The molecule has 0 radical (unpaired) electrons. The van der Waals surface area contributed by atoms with Gasteiger partial charge in [0.1, 0.15) is 12.4 Å². The molecule has 0 aliphatic rings. The van der Waals surface area contributed by atoms with Crippen molar-refractivity contribution in [3.05, 3.63) is 138 Å². The second-order valence-electron chi connectivity index (χ2n) is 8.56. The van der Waals surface area contributed by atoms with Crippen LogP contribution >= 0.6 is 0 Å². The number of nitrogens with one attached hydrogen (secondary N) is 1. The van der Waals surface area contributed by atoms with Crippen LogP contribution in [0.4, 0.5) is 4.39 Å². The number of carbonyl (C=O) groups is 1. The van der Waals surface area contributed by atoms with Crippen molar-refractivity contribution in [3.63, 3.8) is 0 Å². The van der Waals surface area contributed by atoms with E-state index in [0.717, 1.165) is 16.8 Å². The van der Waals surface area contributed by atoms with Crippen LogP contribution in [0.5, 0.6) is 5.75 Å². The van der Waals surface area contributed by atoms with Gasteiger partial charge in [-0.3, -0.25) is 4.79 Å². The lowest BCUT2D eigenvalue weighted by atomic mass is 9.92. The average molecular weight is 480 g/mol. The number of rotatable bonds is 9. The molecule has 1 N–H and O–H groups in total. The zero-order valence-electron chi connectivity index (χ0n) is 19.7. The molecular weight excluding hydrogens is 453 g/mol. The van der Waals surface area contributed by atoms with Gasteiger partial charge >= 0.3 is 0 Å². The van der Waals surface area contributed by atoms with Crippen molar-refractivity contribution < 1.29 is 13.9 Å². The van der Waals surface area contributed by atoms with E-state index in [1.54, 1.807) is 24.4 Å². The van der Waals surface area contributed by atoms with E-state index in [-0.39, 0.29) is 18.1 Å². The quantitative estimate of drug-likeness (QED) is 0.287. The van der Waals surface area contributed by atoms with Crippen LogP contribution in [0.3, 0.4) is 0 Å². The van der Waals surface area contributed by atoms with Gasteiger partial charge in [0.15, 0.2) is 11.4 Å². The molecule has 36 heavy (non-hydrogen) atoms. The lowest BCUT2D eigenvalue weighted by Gasteiger charge is -2.18. The van der Waals surface area contributed by atoms with Crippen LogP contribution in [-0.2, 0) is 17.9 Å². The predicted octanol–water partition coefficient (Wildman–Crippen LogP) is 5.89. The zero-order chi connectivity index (χ0) is 24.7. The number of ether oxygens (including phenoxy) is 1. The SMILES string of the molecule is O=C(C[C@H](c1ccccc1F)c1cnc2c(OCc3ccccc3)cccn12)NCc1ccccc1. The number of fused-ring (bicyclic) bond motifs is 1. The maximum absolute atomic E-state index is 14.9. The molecule has 2 heterocycles. The van der Waals surface area contributed by atoms with Crippen molar-refractivity contribution in [1.29, 1.82) is 0 Å². The molecule has 1 atom stereocenters. The first-order valence-electron chi connectivity index (χ1n) is 11.9. The summed E-state index contributed by atoms with van der Waals surface area (Å²) in [5, 5.41) is 2.96. The summed E-state index contributed by atoms with van der Waals surface area (Å²) >= 11 is 0. The lowest BCUT2D eigenvalue weighted by Crippen LogP contribution is -2.25. The summed E-state index contributed by atoms with van der Waals surface area (Å²) in [5.74, 6) is -0.432. The van der Waals surface area contributed by atoms with E-state index >= 15 is 0 Å². The number of imidazole rings is 1. The van der Waals surface area contributed by atoms with Crippen LogP contribution < -0.4 is 10.1 Å². The summed E-state index contributed by atoms with van der Waals surface area (Å²) in [5.41, 5.74) is 3.84. The highest BCUT2D eigenvalue weighted by molar-refractivity contribution is 5.77. The first-order valence-corrected chi connectivity index (χ1v) is 11.9. The molecule has 0 saturated heterocycles. The van der Waals surface area contributed by atoms with Crippen LogP contribution in [0.2, 0.25) is 0 Å². The zero-order valence-corrected chi connectivity index (χ0v) is 19.7. The molecule has 0 bridgehead atoms. The second kappa shape index (κ2) is 10.9. The Labute approximate surface area is 209 Å². The minimum absolute atomic E-state index is 0.0800. The Morgan fingerprint density at radius 1 is 0.889 bits per heavy atom. The van der Waals surface area contributed by atoms with Crippen molar-refractivity contribution >= 4 is 11.6 Å². The molecule has 0 unspecified atom stereocenters. The van der Waals surface area contributed by atoms with E-state index in [4.69, 9.17) is 4.74 Å². The van der Waals surface area contributed by atoms with Crippen LogP contribution in [0.15, 0.2) is 109 Å². The molecule has 1 amide bonds. The Kier molecular flexibility index (Phi) is 7.03. The highest BCUT2D eigenvalue weighted by Crippen LogP contribution is 2.32. The third kappa shape index (κ3) is 5.28. The van der Waals surface area contributed by atoms with Gasteiger partial charge in [0, 0.05) is 31.3 Å². The molecule has 0 spiro atoms. The lowest BCUT2D eigenvalue weighted by molar-refractivity contribution is -0.121. The first kappa shape index (κ1) is 23.3. The molecule has 0 saturated carbocycles. The molecule has 5 rings (SSSR count). The number of aromatic nitrogens is 2. The van der Waals surface area contributed by atoms with E-state index in [0.29, 0.717) is 30.1 Å². The maximum Gasteiger partial charge on any atom is 0.221 e. The smallest absolute Gasteiger partial charge is 0.221 e. The van der Waals surface area contributed by atoms with E-state index < -0.39 is 5.92 Å². The maximum atomic E-state index is 14.9. The molecule has 0 aliphatic heterocycles. The Hall–Kier alpha value is -4.45. The monoisotopic (exact) mass is 479 g/mol. The van der Waals surface area contributed by atoms with E-state index in [9.17, 15) is 9.18 Å². The predicted molar refractivity (Wildman–Crippen MR) is 137 cm³/mol. The van der Waals surface area contributed by atoms with Gasteiger partial charge in [-0.1, -0.05) is 78.9 Å². The molecule has 3 aromatic carbocycles. The fourth-order valence-corrected chi connectivity index (χ4v) is 4.30. The number of nitrogens with zero attached hydrogens (tertiary/aromatic N) is 2. The number of amides is 1. The number of carbonyl (C=O) groups excluding carboxylic acids is 1. The number of benzene rings is 3. The van der Waals surface area contributed by atoms with Gasteiger partial charge in [-0.15, -0.1) is 0 Å². The summed E-state index contributed by atoms with van der Waals surface area (Å²) < 4.78 is 22.9. The summed E-state index contributed by atoms with van der Waals surface area (Å²) in [6, 6.07) is 29.9. The summed E-state index contributed by atoms with van der Waals surface area (Å²) in [6.07, 6.45) is 3.64. The number of pyridine rings is 1. The largest absolute Gasteiger partial charge is 0.485 e. The number of hydrogen-bond donors (Lipinski definition) is 1. The Morgan fingerprint density at radius 3 is 2.33 bits per heavy atom. The van der Waals surface area contributed by atoms with Crippen molar-refractivity contribution in [2.45, 2.75) is 25.5 Å². The van der Waals surface area contributed by atoms with Gasteiger partial charge in [-0.05, 0) is 34.9 Å². The van der Waals surface area contributed by atoms with Crippen molar-refractivity contribution in [2.24, 2.45) is 0 Å². The molecule has 6 heteroatoms. The minimum atomic E-state index is -0.527. The summed E-state index contributed by atoms with van der Waals surface area (Å²) in [7, 11) is 0. The van der Waals surface area contributed by atoms with Crippen molar-refractivity contribution in [2.75, 3.05) is 0 Å². The normalized spacial score (nSPS) is 11.8. The molecule has 0 fully saturated rings. The third-order valence-corrected chi connectivity index (χ3v) is 6.13. The Bertz CT molecular complexity index is 1450. The van der Waals surface area contributed by atoms with Gasteiger partial charge in [-0.25, -0.2) is 9.37 Å². The molecule has 0 aliphatic carbocycles. The number of hydrogen-bond acceptors (Lipinski definition) is 3. The Morgan fingerprint density at radius 2 is 1.58 bits per heavy atom. The topological polar surface area (TPSA) is 55.6 Å². The van der Waals surface area contributed by atoms with Crippen LogP contribution in [-0.4, -0.2) is 15.3 Å². The van der Waals surface area contributed by atoms with E-state index in [2.05, 4.69) is 10.3 Å². The van der Waals surface area contributed by atoms with Crippen LogP contribution in [0.25, 0.3) is 5.65 Å². The van der Waals surface area contributed by atoms with E-state index in [1.165, 1.54) is 6.07 Å². The van der Waals surface area contributed by atoms with Gasteiger partial charge in [0.05, 0.1) is 5.69 Å². The van der Waals surface area contributed by atoms with Gasteiger partial charge < -0.3 is 14.5 Å². The van der Waals surface area contributed by atoms with Gasteiger partial charge in [0.2, 0.25) is 5.91 Å². The summed E-state index contributed by atoms with van der Waals surface area (Å²) in [6.45, 7) is 0.815. The van der Waals surface area contributed by atoms with Crippen LogP contribution in [0.1, 0.15) is 34.7 Å². The van der Waals surface area contributed by atoms with Crippen molar-refractivity contribution in [1.82, 2.24) is 14.7 Å². The molecule has 180 valence electrons. The highest BCUT2D eigenvalue weighted by atomic mass is 19.1. The highest BCUT2D eigenvalue weighted by Gasteiger charge is 2.25. The minimum Gasteiger partial charge on any atom is -0.485 e. The number of halogens is 1. The molecule has 5 nitrogen and oxygen atoms in total. The van der Waals surface area contributed by atoms with Crippen molar-refractivity contribution in [3.8, 4) is 5.75 Å². The summed E-state index contributed by atoms with van der Waals surface area (Å²) in [4.78, 5) is 17.6. The molecular formula is C30H26FN3O2. The van der Waals surface area contributed by atoms with Gasteiger partial charge in [0.25, 0.3) is 0 Å².